The first-order valence-electron chi connectivity index (χ1n) is 5.49. The van der Waals surface area contributed by atoms with Gasteiger partial charge in [0.15, 0.2) is 0 Å². The molecule has 0 aliphatic heterocycles. The molecule has 2 N–H and O–H groups in total. The van der Waals surface area contributed by atoms with Gasteiger partial charge in [-0.3, -0.25) is 0 Å². The molecule has 18 heavy (non-hydrogen) atoms. The number of halogens is 2. The molecule has 0 aliphatic carbocycles. The third-order valence-electron chi connectivity index (χ3n) is 2.60. The number of nitrogens with two attached hydrogens (primary N) is 1. The van der Waals surface area contributed by atoms with Gasteiger partial charge < -0.3 is 10.5 Å². The van der Waals surface area contributed by atoms with Gasteiger partial charge in [0.05, 0.1) is 4.47 Å². The molecule has 0 saturated heterocycles. The number of benzene rings is 2. The van der Waals surface area contributed by atoms with Gasteiger partial charge in [0.2, 0.25) is 0 Å². The summed E-state index contributed by atoms with van der Waals surface area (Å²) in [6, 6.07) is 11.4. The van der Waals surface area contributed by atoms with Gasteiger partial charge in [-0.2, -0.15) is 0 Å². The van der Waals surface area contributed by atoms with Gasteiger partial charge in [-0.1, -0.05) is 23.7 Å². The molecule has 94 valence electrons. The van der Waals surface area contributed by atoms with E-state index in [1.165, 1.54) is 0 Å². The van der Waals surface area contributed by atoms with Gasteiger partial charge in [-0.15, -0.1) is 0 Å². The van der Waals surface area contributed by atoms with Crippen molar-refractivity contribution >= 4 is 33.2 Å². The highest BCUT2D eigenvalue weighted by Crippen LogP contribution is 2.30. The molecule has 0 spiro atoms. The monoisotopic (exact) mass is 325 g/mol. The number of nitrogen functional groups attached to an aromatic ring is 1. The standard InChI is InChI=1S/C14H13BrClNO/c1-9-5-14(12(15)7-13(9)17)18-8-10-3-2-4-11(16)6-10/h2-7H,8,17H2,1H3. The Morgan fingerprint density at radius 2 is 2.06 bits per heavy atom. The maximum atomic E-state index is 5.92. The Morgan fingerprint density at radius 3 is 2.78 bits per heavy atom. The minimum Gasteiger partial charge on any atom is -0.488 e. The fourth-order valence-electron chi connectivity index (χ4n) is 1.57. The van der Waals surface area contributed by atoms with E-state index in [1.807, 2.05) is 43.3 Å². The SMILES string of the molecule is Cc1cc(OCc2cccc(Cl)c2)c(Br)cc1N. The zero-order valence-corrected chi connectivity index (χ0v) is 12.3. The molecular formula is C14H13BrClNO. The predicted octanol–water partition coefficient (Wildman–Crippen LogP) is 4.57. The molecule has 0 atom stereocenters. The van der Waals surface area contributed by atoms with E-state index in [9.17, 15) is 0 Å². The van der Waals surface area contributed by atoms with Crippen LogP contribution in [-0.2, 0) is 6.61 Å². The van der Waals surface area contributed by atoms with Gasteiger partial charge in [0.25, 0.3) is 0 Å². The van der Waals surface area contributed by atoms with Crippen molar-refractivity contribution in [3.05, 3.63) is 57.0 Å². The summed E-state index contributed by atoms with van der Waals surface area (Å²) in [6.45, 7) is 2.43. The van der Waals surface area contributed by atoms with E-state index in [1.54, 1.807) is 0 Å². The molecule has 0 saturated carbocycles. The topological polar surface area (TPSA) is 35.2 Å². The lowest BCUT2D eigenvalue weighted by Crippen LogP contribution is -1.98. The van der Waals surface area contributed by atoms with Gasteiger partial charge in [0, 0.05) is 10.7 Å². The number of aryl methyl sites for hydroxylation is 1. The zero-order valence-electron chi connectivity index (χ0n) is 9.91. The zero-order chi connectivity index (χ0) is 13.1. The first-order valence-corrected chi connectivity index (χ1v) is 6.66. The summed E-state index contributed by atoms with van der Waals surface area (Å²) in [5.74, 6) is 0.779. The molecule has 4 heteroatoms. The Bertz CT molecular complexity index is 572. The number of anilines is 1. The molecule has 0 amide bonds. The van der Waals surface area contributed by atoms with Crippen molar-refractivity contribution in [2.75, 3.05) is 5.73 Å². The molecule has 0 bridgehead atoms. The summed E-state index contributed by atoms with van der Waals surface area (Å²) < 4.78 is 6.61. The van der Waals surface area contributed by atoms with Crippen LogP contribution < -0.4 is 10.5 Å². The van der Waals surface area contributed by atoms with Crippen molar-refractivity contribution in [1.29, 1.82) is 0 Å². The van der Waals surface area contributed by atoms with Crippen LogP contribution in [0.2, 0.25) is 5.02 Å². The smallest absolute Gasteiger partial charge is 0.134 e. The highest BCUT2D eigenvalue weighted by Gasteiger charge is 2.05. The number of hydrogen-bond donors (Lipinski definition) is 1. The molecule has 2 rings (SSSR count). The van der Waals surface area contributed by atoms with Crippen molar-refractivity contribution in [2.24, 2.45) is 0 Å². The van der Waals surface area contributed by atoms with Gasteiger partial charge in [-0.25, -0.2) is 0 Å². The van der Waals surface area contributed by atoms with Crippen LogP contribution in [0.15, 0.2) is 40.9 Å². The molecule has 0 aromatic heterocycles. The molecule has 0 unspecified atom stereocenters. The van der Waals surface area contributed by atoms with Crippen molar-refractivity contribution in [3.8, 4) is 5.75 Å². The van der Waals surface area contributed by atoms with Crippen LogP contribution in [0.5, 0.6) is 5.75 Å². The third kappa shape index (κ3) is 3.18. The lowest BCUT2D eigenvalue weighted by molar-refractivity contribution is 0.304. The second kappa shape index (κ2) is 5.63. The Hall–Kier alpha value is -1.19. The third-order valence-corrected chi connectivity index (χ3v) is 3.46. The van der Waals surface area contributed by atoms with E-state index in [4.69, 9.17) is 22.1 Å². The van der Waals surface area contributed by atoms with Crippen LogP contribution >= 0.6 is 27.5 Å². The van der Waals surface area contributed by atoms with Crippen LogP contribution in [0.3, 0.4) is 0 Å². The minimum atomic E-state index is 0.475. The maximum absolute atomic E-state index is 5.92. The Balaban J connectivity index is 2.13. The van der Waals surface area contributed by atoms with E-state index in [-0.39, 0.29) is 0 Å². The largest absolute Gasteiger partial charge is 0.488 e. The Morgan fingerprint density at radius 1 is 1.28 bits per heavy atom. The highest BCUT2D eigenvalue weighted by molar-refractivity contribution is 9.10. The molecule has 2 aromatic carbocycles. The average Bonchev–Trinajstić information content (AvgIpc) is 2.32. The second-order valence-corrected chi connectivity index (χ2v) is 5.35. The van der Waals surface area contributed by atoms with Crippen molar-refractivity contribution < 1.29 is 4.74 Å². The van der Waals surface area contributed by atoms with Crippen LogP contribution in [0.25, 0.3) is 0 Å². The molecule has 2 nitrogen and oxygen atoms in total. The summed E-state index contributed by atoms with van der Waals surface area (Å²) in [7, 11) is 0. The Labute approximate surface area is 120 Å². The highest BCUT2D eigenvalue weighted by atomic mass is 79.9. The summed E-state index contributed by atoms with van der Waals surface area (Å²) in [4.78, 5) is 0. The van der Waals surface area contributed by atoms with E-state index in [0.29, 0.717) is 11.6 Å². The van der Waals surface area contributed by atoms with E-state index in [0.717, 1.165) is 27.0 Å². The van der Waals surface area contributed by atoms with Gasteiger partial charge in [-0.05, 0) is 58.2 Å². The summed E-state index contributed by atoms with van der Waals surface area (Å²) in [5.41, 5.74) is 8.59. The predicted molar refractivity (Wildman–Crippen MR) is 79.1 cm³/mol. The van der Waals surface area contributed by atoms with Crippen molar-refractivity contribution in [1.82, 2.24) is 0 Å². The molecule has 0 heterocycles. The molecule has 0 fully saturated rings. The normalized spacial score (nSPS) is 10.4. The number of hydrogen-bond acceptors (Lipinski definition) is 2. The first-order chi connectivity index (χ1) is 8.56. The van der Waals surface area contributed by atoms with Crippen molar-refractivity contribution in [3.63, 3.8) is 0 Å². The number of ether oxygens (including phenoxy) is 1. The lowest BCUT2D eigenvalue weighted by Gasteiger charge is -2.11. The average molecular weight is 327 g/mol. The molecule has 0 aliphatic rings. The maximum Gasteiger partial charge on any atom is 0.134 e. The minimum absolute atomic E-state index is 0.475. The molecule has 2 aromatic rings. The van der Waals surface area contributed by atoms with E-state index in [2.05, 4.69) is 15.9 Å². The fourth-order valence-corrected chi connectivity index (χ4v) is 2.26. The van der Waals surface area contributed by atoms with E-state index < -0.39 is 0 Å². The van der Waals surface area contributed by atoms with E-state index >= 15 is 0 Å². The quantitative estimate of drug-likeness (QED) is 0.838. The van der Waals surface area contributed by atoms with Crippen LogP contribution in [0.1, 0.15) is 11.1 Å². The summed E-state index contributed by atoms with van der Waals surface area (Å²) >= 11 is 9.36. The lowest BCUT2D eigenvalue weighted by atomic mass is 10.2. The molecule has 0 radical (unpaired) electrons. The van der Waals surface area contributed by atoms with Crippen LogP contribution in [0, 0.1) is 6.92 Å². The van der Waals surface area contributed by atoms with Crippen molar-refractivity contribution in [2.45, 2.75) is 13.5 Å². The van der Waals surface area contributed by atoms with Gasteiger partial charge in [0.1, 0.15) is 12.4 Å². The first kappa shape index (κ1) is 13.2. The second-order valence-electron chi connectivity index (χ2n) is 4.06. The molecular weight excluding hydrogens is 314 g/mol. The van der Waals surface area contributed by atoms with Crippen LogP contribution in [0.4, 0.5) is 5.69 Å². The van der Waals surface area contributed by atoms with Gasteiger partial charge >= 0.3 is 0 Å². The summed E-state index contributed by atoms with van der Waals surface area (Å²) in [6.07, 6.45) is 0. The summed E-state index contributed by atoms with van der Waals surface area (Å²) in [5, 5.41) is 0.712. The Kier molecular flexibility index (Phi) is 4.15. The number of rotatable bonds is 3. The van der Waals surface area contributed by atoms with Crippen LogP contribution in [-0.4, -0.2) is 0 Å². The fraction of sp³-hybridized carbons (Fsp3) is 0.143.